The third kappa shape index (κ3) is 1.86. The van der Waals surface area contributed by atoms with Crippen molar-refractivity contribution in [2.75, 3.05) is 12.3 Å². The van der Waals surface area contributed by atoms with Gasteiger partial charge in [0.2, 0.25) is 0 Å². The van der Waals surface area contributed by atoms with Crippen LogP contribution in [0.15, 0.2) is 29.3 Å². The van der Waals surface area contributed by atoms with Gasteiger partial charge in [0.1, 0.15) is 0 Å². The highest BCUT2D eigenvalue weighted by molar-refractivity contribution is 8.15. The summed E-state index contributed by atoms with van der Waals surface area (Å²) >= 11 is 1.83. The number of anilines is 1. The molecule has 2 N–H and O–H groups in total. The smallest absolute Gasteiger partial charge is 0.0980 e. The number of thioether (sulfide) groups is 1. The van der Waals surface area contributed by atoms with Crippen LogP contribution in [0.3, 0.4) is 0 Å². The first-order chi connectivity index (χ1) is 6.25. The third-order valence-electron chi connectivity index (χ3n) is 1.96. The summed E-state index contributed by atoms with van der Waals surface area (Å²) in [4.78, 5) is 4.46. The molecule has 0 spiro atoms. The monoisotopic (exact) mass is 192 g/mol. The summed E-state index contributed by atoms with van der Waals surface area (Å²) in [5.74, 6) is 0. The molecular formula is C10H12N2S. The van der Waals surface area contributed by atoms with Crippen LogP contribution in [0.25, 0.3) is 0 Å². The Morgan fingerprint density at radius 2 is 2.08 bits per heavy atom. The molecule has 0 unspecified atom stereocenters. The molecule has 0 saturated carbocycles. The summed E-state index contributed by atoms with van der Waals surface area (Å²) in [6.07, 6.45) is 0. The van der Waals surface area contributed by atoms with Crippen molar-refractivity contribution in [3.63, 3.8) is 0 Å². The van der Waals surface area contributed by atoms with Crippen LogP contribution in [-0.2, 0) is 0 Å². The van der Waals surface area contributed by atoms with Crippen molar-refractivity contribution in [1.29, 1.82) is 0 Å². The lowest BCUT2D eigenvalue weighted by Crippen LogP contribution is -1.95. The van der Waals surface area contributed by atoms with E-state index in [0.29, 0.717) is 5.25 Å². The van der Waals surface area contributed by atoms with Crippen LogP contribution in [0.1, 0.15) is 12.5 Å². The zero-order valence-corrected chi connectivity index (χ0v) is 8.34. The van der Waals surface area contributed by atoms with Gasteiger partial charge in [0.25, 0.3) is 0 Å². The van der Waals surface area contributed by atoms with E-state index in [1.165, 1.54) is 5.56 Å². The van der Waals surface area contributed by atoms with E-state index < -0.39 is 0 Å². The van der Waals surface area contributed by atoms with Gasteiger partial charge in [-0.2, -0.15) is 0 Å². The number of rotatable bonds is 1. The maximum atomic E-state index is 5.61. The van der Waals surface area contributed by atoms with Crippen LogP contribution < -0.4 is 5.73 Å². The van der Waals surface area contributed by atoms with E-state index in [0.717, 1.165) is 17.3 Å². The van der Waals surface area contributed by atoms with E-state index in [1.54, 1.807) is 0 Å². The molecular weight excluding hydrogens is 180 g/mol. The van der Waals surface area contributed by atoms with Gasteiger partial charge in [-0.3, -0.25) is 4.99 Å². The summed E-state index contributed by atoms with van der Waals surface area (Å²) in [6, 6.07) is 7.89. The van der Waals surface area contributed by atoms with Gasteiger partial charge in [-0.1, -0.05) is 19.1 Å². The lowest BCUT2D eigenvalue weighted by Gasteiger charge is -2.01. The topological polar surface area (TPSA) is 38.4 Å². The van der Waals surface area contributed by atoms with Gasteiger partial charge < -0.3 is 5.73 Å². The third-order valence-corrected chi connectivity index (χ3v) is 3.10. The predicted molar refractivity (Wildman–Crippen MR) is 59.3 cm³/mol. The number of benzene rings is 1. The molecule has 0 amide bonds. The van der Waals surface area contributed by atoms with E-state index in [9.17, 15) is 0 Å². The predicted octanol–water partition coefficient (Wildman–Crippen LogP) is 2.15. The molecule has 1 heterocycles. The number of nitrogens with zero attached hydrogens (tertiary/aromatic N) is 1. The Labute approximate surface area is 82.2 Å². The highest BCUT2D eigenvalue weighted by atomic mass is 32.2. The first kappa shape index (κ1) is 8.63. The molecule has 1 aromatic carbocycles. The first-order valence-electron chi connectivity index (χ1n) is 4.33. The molecule has 0 fully saturated rings. The summed E-state index contributed by atoms with van der Waals surface area (Å²) in [6.45, 7) is 3.13. The normalized spacial score (nSPS) is 21.6. The number of hydrogen-bond donors (Lipinski definition) is 1. The minimum Gasteiger partial charge on any atom is -0.399 e. The van der Waals surface area contributed by atoms with Gasteiger partial charge in [-0.25, -0.2) is 0 Å². The standard InChI is InChI=1S/C10H12N2S/c1-7-6-12-10(13-7)8-2-4-9(11)5-3-8/h2-5,7H,6,11H2,1H3/t7-/m1/s1. The minimum atomic E-state index is 0.618. The molecule has 68 valence electrons. The first-order valence-corrected chi connectivity index (χ1v) is 5.20. The fraction of sp³-hybridized carbons (Fsp3) is 0.300. The average molecular weight is 192 g/mol. The fourth-order valence-corrected chi connectivity index (χ4v) is 2.21. The number of hydrogen-bond acceptors (Lipinski definition) is 3. The van der Waals surface area contributed by atoms with Crippen molar-refractivity contribution >= 4 is 22.5 Å². The maximum absolute atomic E-state index is 5.61. The quantitative estimate of drug-likeness (QED) is 0.692. The van der Waals surface area contributed by atoms with Crippen molar-refractivity contribution in [2.45, 2.75) is 12.2 Å². The summed E-state index contributed by atoms with van der Waals surface area (Å²) in [5.41, 5.74) is 7.60. The van der Waals surface area contributed by atoms with Gasteiger partial charge in [-0.05, 0) is 12.1 Å². The Kier molecular flexibility index (Phi) is 2.27. The number of nitrogens with two attached hydrogens (primary N) is 1. The Morgan fingerprint density at radius 3 is 2.62 bits per heavy atom. The van der Waals surface area contributed by atoms with Crippen molar-refractivity contribution in [3.05, 3.63) is 29.8 Å². The van der Waals surface area contributed by atoms with Crippen LogP contribution in [0.2, 0.25) is 0 Å². The summed E-state index contributed by atoms with van der Waals surface area (Å²) in [7, 11) is 0. The molecule has 1 atom stereocenters. The molecule has 0 radical (unpaired) electrons. The molecule has 1 aromatic rings. The van der Waals surface area contributed by atoms with Crippen LogP contribution in [0.5, 0.6) is 0 Å². The average Bonchev–Trinajstić information content (AvgIpc) is 2.53. The minimum absolute atomic E-state index is 0.618. The molecule has 2 nitrogen and oxygen atoms in total. The van der Waals surface area contributed by atoms with E-state index >= 15 is 0 Å². The second-order valence-electron chi connectivity index (χ2n) is 3.20. The van der Waals surface area contributed by atoms with Crippen molar-refractivity contribution in [2.24, 2.45) is 4.99 Å². The van der Waals surface area contributed by atoms with Crippen molar-refractivity contribution < 1.29 is 0 Å². The van der Waals surface area contributed by atoms with E-state index in [-0.39, 0.29) is 0 Å². The summed E-state index contributed by atoms with van der Waals surface area (Å²) in [5, 5.41) is 1.76. The lowest BCUT2D eigenvalue weighted by atomic mass is 10.2. The maximum Gasteiger partial charge on any atom is 0.0980 e. The number of aliphatic imine (C=N–C) groups is 1. The second kappa shape index (κ2) is 3.42. The highest BCUT2D eigenvalue weighted by Gasteiger charge is 2.15. The van der Waals surface area contributed by atoms with Gasteiger partial charge in [0.05, 0.1) is 11.6 Å². The van der Waals surface area contributed by atoms with Crippen LogP contribution in [0.4, 0.5) is 5.69 Å². The molecule has 0 aliphatic carbocycles. The van der Waals surface area contributed by atoms with Gasteiger partial charge in [-0.15, -0.1) is 11.8 Å². The zero-order valence-electron chi connectivity index (χ0n) is 7.53. The Balaban J connectivity index is 2.22. The molecule has 0 aromatic heterocycles. The number of nitrogen functional groups attached to an aromatic ring is 1. The Hall–Kier alpha value is -0.960. The highest BCUT2D eigenvalue weighted by Crippen LogP contribution is 2.25. The van der Waals surface area contributed by atoms with Gasteiger partial charge in [0, 0.05) is 16.5 Å². The molecule has 1 aliphatic heterocycles. The van der Waals surface area contributed by atoms with Crippen molar-refractivity contribution in [3.8, 4) is 0 Å². The molecule has 2 rings (SSSR count). The molecule has 13 heavy (non-hydrogen) atoms. The summed E-state index contributed by atoms with van der Waals surface area (Å²) < 4.78 is 0. The largest absolute Gasteiger partial charge is 0.399 e. The van der Waals surface area contributed by atoms with Gasteiger partial charge >= 0.3 is 0 Å². The molecule has 0 bridgehead atoms. The zero-order chi connectivity index (χ0) is 9.26. The van der Waals surface area contributed by atoms with E-state index in [1.807, 2.05) is 36.0 Å². The Morgan fingerprint density at radius 1 is 1.38 bits per heavy atom. The van der Waals surface area contributed by atoms with Crippen molar-refractivity contribution in [1.82, 2.24) is 0 Å². The fourth-order valence-electron chi connectivity index (χ4n) is 1.26. The van der Waals surface area contributed by atoms with E-state index in [2.05, 4.69) is 11.9 Å². The molecule has 0 saturated heterocycles. The van der Waals surface area contributed by atoms with Crippen LogP contribution in [0, 0.1) is 0 Å². The van der Waals surface area contributed by atoms with Crippen LogP contribution >= 0.6 is 11.8 Å². The van der Waals surface area contributed by atoms with E-state index in [4.69, 9.17) is 5.73 Å². The SMILES string of the molecule is C[C@@H]1CN=C(c2ccc(N)cc2)S1. The second-order valence-corrected chi connectivity index (χ2v) is 4.62. The van der Waals surface area contributed by atoms with Gasteiger partial charge in [0.15, 0.2) is 0 Å². The Bertz CT molecular complexity index is 329. The molecule has 3 heteroatoms. The lowest BCUT2D eigenvalue weighted by molar-refractivity contribution is 0.976. The van der Waals surface area contributed by atoms with Crippen LogP contribution in [-0.4, -0.2) is 16.8 Å². The molecule has 1 aliphatic rings.